The average Bonchev–Trinajstić information content (AvgIpc) is 3.14. The predicted octanol–water partition coefficient (Wildman–Crippen LogP) is 2.62. The Morgan fingerprint density at radius 1 is 1.16 bits per heavy atom. The molecular weight excluding hydrogens is 417 g/mol. The first-order valence-electron chi connectivity index (χ1n) is 9.19. The van der Waals surface area contributed by atoms with Gasteiger partial charge in [0.15, 0.2) is 17.3 Å². The molecule has 0 atom stereocenters. The number of benzene rings is 1. The van der Waals surface area contributed by atoms with Crippen LogP contribution in [0, 0.1) is 0 Å². The second-order valence-electron chi connectivity index (χ2n) is 6.50. The van der Waals surface area contributed by atoms with Crippen molar-refractivity contribution in [1.82, 2.24) is 25.1 Å². The summed E-state index contributed by atoms with van der Waals surface area (Å²) in [5.74, 6) is 1.14. The Morgan fingerprint density at radius 2 is 1.94 bits per heavy atom. The van der Waals surface area contributed by atoms with Crippen LogP contribution in [0.25, 0.3) is 11.4 Å². The molecule has 0 bridgehead atoms. The van der Waals surface area contributed by atoms with Crippen LogP contribution in [0.3, 0.4) is 0 Å². The lowest BCUT2D eigenvalue weighted by atomic mass is 10.2. The summed E-state index contributed by atoms with van der Waals surface area (Å²) in [7, 11) is 1.48. The molecule has 4 rings (SSSR count). The number of ether oxygens (including phenoxy) is 2. The summed E-state index contributed by atoms with van der Waals surface area (Å²) in [4.78, 5) is 19.6. The van der Waals surface area contributed by atoms with E-state index in [1.165, 1.54) is 17.8 Å². The maximum absolute atomic E-state index is 12.9. The smallest absolute Gasteiger partial charge is 0.433 e. The standard InChI is InChI=1S/C19H17F3N6O3/c1-23-16(29)10-28-17(11-2-3-13-14(8-11)31-7-6-30-13)26-18(27-28)25-12-4-5-24-15(9-12)19(20,21)22/h2-5,8-9H,6-7,10H2,1H3,(H,23,29)(H,24,25,27). The fourth-order valence-electron chi connectivity index (χ4n) is 2.91. The van der Waals surface area contributed by atoms with Crippen molar-refractivity contribution in [3.05, 3.63) is 42.2 Å². The number of hydrogen-bond donors (Lipinski definition) is 2. The molecule has 12 heteroatoms. The summed E-state index contributed by atoms with van der Waals surface area (Å²) in [6.45, 7) is 0.704. The van der Waals surface area contributed by atoms with Gasteiger partial charge in [0.05, 0.1) is 0 Å². The highest BCUT2D eigenvalue weighted by Gasteiger charge is 2.32. The number of halogens is 3. The van der Waals surface area contributed by atoms with E-state index < -0.39 is 11.9 Å². The molecule has 0 aliphatic carbocycles. The number of likely N-dealkylation sites (N-methyl/N-ethyl adjacent to an activating group) is 1. The molecule has 3 heterocycles. The van der Waals surface area contributed by atoms with Crippen LogP contribution in [-0.4, -0.2) is 45.9 Å². The molecule has 0 saturated heterocycles. The number of rotatable bonds is 5. The molecule has 0 spiro atoms. The van der Waals surface area contributed by atoms with Crippen molar-refractivity contribution in [2.45, 2.75) is 12.7 Å². The Bertz CT molecular complexity index is 1120. The molecule has 1 aromatic carbocycles. The summed E-state index contributed by atoms with van der Waals surface area (Å²) in [5, 5.41) is 9.46. The highest BCUT2D eigenvalue weighted by Crippen LogP contribution is 2.34. The van der Waals surface area contributed by atoms with E-state index in [9.17, 15) is 18.0 Å². The summed E-state index contributed by atoms with van der Waals surface area (Å²) < 4.78 is 51.2. The molecule has 9 nitrogen and oxygen atoms in total. The third kappa shape index (κ3) is 4.52. The number of fused-ring (bicyclic) bond motifs is 1. The zero-order chi connectivity index (χ0) is 22.0. The van der Waals surface area contributed by atoms with Crippen LogP contribution in [0.2, 0.25) is 0 Å². The van der Waals surface area contributed by atoms with Gasteiger partial charge < -0.3 is 20.1 Å². The van der Waals surface area contributed by atoms with Crippen LogP contribution in [-0.2, 0) is 17.5 Å². The lowest BCUT2D eigenvalue weighted by Gasteiger charge is -2.18. The van der Waals surface area contributed by atoms with Crippen LogP contribution in [0.15, 0.2) is 36.5 Å². The van der Waals surface area contributed by atoms with Crippen molar-refractivity contribution in [2.24, 2.45) is 0 Å². The average molecular weight is 434 g/mol. The molecule has 1 amide bonds. The largest absolute Gasteiger partial charge is 0.486 e. The topological polar surface area (TPSA) is 103 Å². The number of nitrogens with zero attached hydrogens (tertiary/aromatic N) is 4. The number of anilines is 2. The molecule has 0 saturated carbocycles. The van der Waals surface area contributed by atoms with Gasteiger partial charge in [0.1, 0.15) is 25.5 Å². The van der Waals surface area contributed by atoms with E-state index in [4.69, 9.17) is 9.47 Å². The summed E-state index contributed by atoms with van der Waals surface area (Å²) in [6, 6.07) is 7.36. The van der Waals surface area contributed by atoms with Gasteiger partial charge in [-0.15, -0.1) is 5.10 Å². The number of amides is 1. The van der Waals surface area contributed by atoms with Crippen molar-refractivity contribution in [2.75, 3.05) is 25.6 Å². The maximum Gasteiger partial charge on any atom is 0.433 e. The van der Waals surface area contributed by atoms with Crippen LogP contribution in [0.5, 0.6) is 11.5 Å². The predicted molar refractivity (Wildman–Crippen MR) is 103 cm³/mol. The zero-order valence-corrected chi connectivity index (χ0v) is 16.2. The molecule has 1 aliphatic rings. The van der Waals surface area contributed by atoms with Crippen LogP contribution in [0.1, 0.15) is 5.69 Å². The molecule has 162 valence electrons. The number of carbonyl (C=O) groups is 1. The summed E-state index contributed by atoms with van der Waals surface area (Å²) in [5.41, 5.74) is -0.345. The number of carbonyl (C=O) groups excluding carboxylic acids is 1. The lowest BCUT2D eigenvalue weighted by Crippen LogP contribution is -2.24. The number of pyridine rings is 1. The molecule has 0 unspecified atom stereocenters. The number of aromatic nitrogens is 4. The van der Waals surface area contributed by atoms with Gasteiger partial charge >= 0.3 is 6.18 Å². The van der Waals surface area contributed by atoms with Crippen LogP contribution in [0.4, 0.5) is 24.8 Å². The number of alkyl halides is 3. The van der Waals surface area contributed by atoms with Gasteiger partial charge in [-0.25, -0.2) is 4.68 Å². The minimum absolute atomic E-state index is 0.0214. The van der Waals surface area contributed by atoms with Crippen LogP contribution < -0.4 is 20.1 Å². The van der Waals surface area contributed by atoms with Crippen molar-refractivity contribution < 1.29 is 27.4 Å². The zero-order valence-electron chi connectivity index (χ0n) is 16.2. The SMILES string of the molecule is CNC(=O)Cn1nc(Nc2ccnc(C(F)(F)F)c2)nc1-c1ccc2c(c1)OCCO2. The molecule has 0 radical (unpaired) electrons. The third-order valence-electron chi connectivity index (χ3n) is 4.35. The van der Waals surface area contributed by atoms with Gasteiger partial charge in [-0.3, -0.25) is 9.78 Å². The van der Waals surface area contributed by atoms with E-state index in [-0.39, 0.29) is 24.1 Å². The van der Waals surface area contributed by atoms with Gasteiger partial charge in [0.25, 0.3) is 0 Å². The van der Waals surface area contributed by atoms with Gasteiger partial charge in [-0.2, -0.15) is 18.2 Å². The number of nitrogens with one attached hydrogen (secondary N) is 2. The Hall–Kier alpha value is -3.83. The molecule has 2 N–H and O–H groups in total. The van der Waals surface area contributed by atoms with Gasteiger partial charge in [-0.1, -0.05) is 0 Å². The van der Waals surface area contributed by atoms with Crippen molar-refractivity contribution in [3.63, 3.8) is 0 Å². The Morgan fingerprint density at radius 3 is 2.68 bits per heavy atom. The quantitative estimate of drug-likeness (QED) is 0.636. The minimum Gasteiger partial charge on any atom is -0.486 e. The maximum atomic E-state index is 12.9. The van der Waals surface area contributed by atoms with Crippen LogP contribution >= 0.6 is 0 Å². The molecule has 2 aromatic heterocycles. The van der Waals surface area contributed by atoms with Crippen molar-refractivity contribution in [3.8, 4) is 22.9 Å². The van der Waals surface area contributed by atoms with E-state index in [0.29, 0.717) is 36.1 Å². The second-order valence-corrected chi connectivity index (χ2v) is 6.50. The van der Waals surface area contributed by atoms with E-state index in [0.717, 1.165) is 12.3 Å². The van der Waals surface area contributed by atoms with Gasteiger partial charge in [-0.05, 0) is 30.3 Å². The fraction of sp³-hybridized carbons (Fsp3) is 0.263. The molecule has 1 aliphatic heterocycles. The fourth-order valence-corrected chi connectivity index (χ4v) is 2.91. The third-order valence-corrected chi connectivity index (χ3v) is 4.35. The second kappa shape index (κ2) is 8.13. The molecular formula is C19H17F3N6O3. The Labute approximate surface area is 174 Å². The minimum atomic E-state index is -4.58. The van der Waals surface area contributed by atoms with Crippen molar-refractivity contribution in [1.29, 1.82) is 0 Å². The first-order valence-corrected chi connectivity index (χ1v) is 9.19. The van der Waals surface area contributed by atoms with E-state index in [1.54, 1.807) is 18.2 Å². The number of hydrogen-bond acceptors (Lipinski definition) is 7. The van der Waals surface area contributed by atoms with E-state index in [1.807, 2.05) is 0 Å². The highest BCUT2D eigenvalue weighted by atomic mass is 19.4. The van der Waals surface area contributed by atoms with Gasteiger partial charge in [0.2, 0.25) is 11.9 Å². The van der Waals surface area contributed by atoms with Gasteiger partial charge in [0, 0.05) is 24.5 Å². The van der Waals surface area contributed by atoms with Crippen molar-refractivity contribution >= 4 is 17.5 Å². The summed E-state index contributed by atoms with van der Waals surface area (Å²) >= 11 is 0. The Balaban J connectivity index is 1.68. The lowest BCUT2D eigenvalue weighted by molar-refractivity contribution is -0.141. The Kier molecular flexibility index (Phi) is 5.36. The molecule has 31 heavy (non-hydrogen) atoms. The first-order chi connectivity index (χ1) is 14.8. The highest BCUT2D eigenvalue weighted by molar-refractivity contribution is 5.76. The van der Waals surface area contributed by atoms with E-state index >= 15 is 0 Å². The van der Waals surface area contributed by atoms with E-state index in [2.05, 4.69) is 25.7 Å². The summed E-state index contributed by atoms with van der Waals surface area (Å²) in [6.07, 6.45) is -3.55. The molecule has 0 fully saturated rings. The first kappa shape index (κ1) is 20.4. The normalized spacial score (nSPS) is 13.0. The molecule has 3 aromatic rings. The monoisotopic (exact) mass is 434 g/mol.